The second-order valence-electron chi connectivity index (χ2n) is 5.78. The first-order valence-corrected chi connectivity index (χ1v) is 9.02. The molecular formula is C19H16F3N3OS. The first-order chi connectivity index (χ1) is 12.8. The average Bonchev–Trinajstić information content (AvgIpc) is 3.10. The summed E-state index contributed by atoms with van der Waals surface area (Å²) < 4.78 is 40.3. The fourth-order valence-corrected chi connectivity index (χ4v) is 3.23. The molecule has 4 nitrogen and oxygen atoms in total. The monoisotopic (exact) mass is 391 g/mol. The number of benzene rings is 2. The van der Waals surface area contributed by atoms with E-state index in [1.165, 1.54) is 16.8 Å². The maximum Gasteiger partial charge on any atom is 0.416 e. The number of nitrogens with one attached hydrogen (secondary N) is 1. The number of thioether (sulfide) groups is 1. The van der Waals surface area contributed by atoms with Crippen molar-refractivity contribution >= 4 is 23.4 Å². The lowest BCUT2D eigenvalue weighted by Crippen LogP contribution is -2.15. The molecule has 0 bridgehead atoms. The zero-order valence-corrected chi connectivity index (χ0v) is 15.1. The zero-order valence-electron chi connectivity index (χ0n) is 14.3. The van der Waals surface area contributed by atoms with Crippen molar-refractivity contribution in [3.05, 3.63) is 72.1 Å². The lowest BCUT2D eigenvalue weighted by Gasteiger charge is -2.11. The molecule has 1 N–H and O–H groups in total. The van der Waals surface area contributed by atoms with Crippen molar-refractivity contribution in [2.24, 2.45) is 0 Å². The predicted molar refractivity (Wildman–Crippen MR) is 99.1 cm³/mol. The molecule has 0 aliphatic rings. The van der Waals surface area contributed by atoms with Gasteiger partial charge in [-0.3, -0.25) is 9.36 Å². The molecule has 0 radical (unpaired) electrons. The summed E-state index contributed by atoms with van der Waals surface area (Å²) in [4.78, 5) is 16.3. The van der Waals surface area contributed by atoms with Crippen molar-refractivity contribution < 1.29 is 18.0 Å². The third-order valence-corrected chi connectivity index (χ3v) is 4.78. The van der Waals surface area contributed by atoms with Crippen LogP contribution in [0.1, 0.15) is 11.1 Å². The Morgan fingerprint density at radius 2 is 1.96 bits per heavy atom. The minimum absolute atomic E-state index is 0.0876. The van der Waals surface area contributed by atoms with Crippen molar-refractivity contribution in [2.45, 2.75) is 18.3 Å². The standard InChI is InChI=1S/C19H16F3N3OS/c1-13-5-2-3-8-16(13)24-17(26)12-27-18-23-9-10-25(18)15-7-4-6-14(11-15)19(20,21)22/h2-11H,12H2,1H3,(H,24,26). The van der Waals surface area contributed by atoms with Crippen LogP contribution in [0.15, 0.2) is 66.1 Å². The van der Waals surface area contributed by atoms with Crippen molar-refractivity contribution in [2.75, 3.05) is 11.1 Å². The molecule has 0 aliphatic heterocycles. The molecule has 1 aromatic heterocycles. The molecule has 140 valence electrons. The van der Waals surface area contributed by atoms with Crippen molar-refractivity contribution in [3.63, 3.8) is 0 Å². The molecule has 3 aromatic rings. The van der Waals surface area contributed by atoms with E-state index in [9.17, 15) is 18.0 Å². The molecule has 2 aromatic carbocycles. The van der Waals surface area contributed by atoms with Crippen LogP contribution in [0, 0.1) is 6.92 Å². The van der Waals surface area contributed by atoms with E-state index in [1.54, 1.807) is 12.3 Å². The lowest BCUT2D eigenvalue weighted by molar-refractivity contribution is -0.137. The fourth-order valence-electron chi connectivity index (χ4n) is 2.45. The molecule has 0 saturated carbocycles. The minimum atomic E-state index is -4.42. The van der Waals surface area contributed by atoms with Crippen LogP contribution in [-0.4, -0.2) is 21.2 Å². The van der Waals surface area contributed by atoms with Crippen LogP contribution in [0.25, 0.3) is 5.69 Å². The van der Waals surface area contributed by atoms with Crippen molar-refractivity contribution in [3.8, 4) is 5.69 Å². The Kier molecular flexibility index (Phi) is 5.55. The fraction of sp³-hybridized carbons (Fsp3) is 0.158. The summed E-state index contributed by atoms with van der Waals surface area (Å²) in [5, 5.41) is 3.25. The molecule has 27 heavy (non-hydrogen) atoms. The van der Waals surface area contributed by atoms with Crippen LogP contribution in [0.5, 0.6) is 0 Å². The van der Waals surface area contributed by atoms with Gasteiger partial charge in [-0.25, -0.2) is 4.98 Å². The molecule has 0 spiro atoms. The second kappa shape index (κ2) is 7.87. The Bertz CT molecular complexity index is 953. The van der Waals surface area contributed by atoms with Gasteiger partial charge in [0, 0.05) is 23.8 Å². The van der Waals surface area contributed by atoms with E-state index in [1.807, 2.05) is 31.2 Å². The molecule has 0 fully saturated rings. The van der Waals surface area contributed by atoms with Gasteiger partial charge in [0.25, 0.3) is 0 Å². The lowest BCUT2D eigenvalue weighted by atomic mass is 10.2. The molecule has 8 heteroatoms. The van der Waals surface area contributed by atoms with E-state index in [4.69, 9.17) is 0 Å². The van der Waals surface area contributed by atoms with Crippen molar-refractivity contribution in [1.82, 2.24) is 9.55 Å². The topological polar surface area (TPSA) is 46.9 Å². The first-order valence-electron chi connectivity index (χ1n) is 8.04. The van der Waals surface area contributed by atoms with Gasteiger partial charge in [-0.1, -0.05) is 36.0 Å². The number of anilines is 1. The van der Waals surface area contributed by atoms with E-state index in [-0.39, 0.29) is 11.7 Å². The number of amides is 1. The molecule has 0 atom stereocenters. The van der Waals surface area contributed by atoms with Gasteiger partial charge in [0.15, 0.2) is 5.16 Å². The van der Waals surface area contributed by atoms with E-state index in [0.29, 0.717) is 10.8 Å². The number of halogens is 3. The molecule has 0 aliphatic carbocycles. The van der Waals surface area contributed by atoms with E-state index in [2.05, 4.69) is 10.3 Å². The van der Waals surface area contributed by atoms with Gasteiger partial charge < -0.3 is 5.32 Å². The van der Waals surface area contributed by atoms with Gasteiger partial charge in [-0.15, -0.1) is 0 Å². The van der Waals surface area contributed by atoms with Crippen LogP contribution in [0.3, 0.4) is 0 Å². The third kappa shape index (κ3) is 4.71. The van der Waals surface area contributed by atoms with Crippen LogP contribution >= 0.6 is 11.8 Å². The summed E-state index contributed by atoms with van der Waals surface area (Å²) in [6.45, 7) is 1.89. The number of aryl methyl sites for hydroxylation is 1. The van der Waals surface area contributed by atoms with Gasteiger partial charge >= 0.3 is 6.18 Å². The Hall–Kier alpha value is -2.74. The van der Waals surface area contributed by atoms with Crippen LogP contribution < -0.4 is 5.32 Å². The number of hydrogen-bond acceptors (Lipinski definition) is 3. The molecule has 0 saturated heterocycles. The van der Waals surface area contributed by atoms with Crippen LogP contribution in [0.4, 0.5) is 18.9 Å². The number of carbonyl (C=O) groups is 1. The normalized spacial score (nSPS) is 11.4. The highest BCUT2D eigenvalue weighted by atomic mass is 32.2. The summed E-state index contributed by atoms with van der Waals surface area (Å²) in [5.74, 6) is -0.127. The number of para-hydroxylation sites is 1. The summed E-state index contributed by atoms with van der Waals surface area (Å²) in [6, 6.07) is 12.4. The molecule has 1 heterocycles. The molecule has 1 amide bonds. The number of alkyl halides is 3. The first kappa shape index (κ1) is 19.0. The Morgan fingerprint density at radius 3 is 2.70 bits per heavy atom. The minimum Gasteiger partial charge on any atom is -0.325 e. The zero-order chi connectivity index (χ0) is 19.4. The number of carbonyl (C=O) groups excluding carboxylic acids is 1. The smallest absolute Gasteiger partial charge is 0.325 e. The average molecular weight is 391 g/mol. The van der Waals surface area contributed by atoms with Gasteiger partial charge in [0.1, 0.15) is 0 Å². The molecular weight excluding hydrogens is 375 g/mol. The van der Waals surface area contributed by atoms with E-state index in [0.717, 1.165) is 35.1 Å². The Balaban J connectivity index is 1.71. The largest absolute Gasteiger partial charge is 0.416 e. The SMILES string of the molecule is Cc1ccccc1NC(=O)CSc1nccn1-c1cccc(C(F)(F)F)c1. The number of imidazole rings is 1. The summed E-state index contributed by atoms with van der Waals surface area (Å²) >= 11 is 1.15. The van der Waals surface area contributed by atoms with Crippen LogP contribution in [0.2, 0.25) is 0 Å². The van der Waals surface area contributed by atoms with Crippen LogP contribution in [-0.2, 0) is 11.0 Å². The maximum atomic E-state index is 12.9. The van der Waals surface area contributed by atoms with Crippen molar-refractivity contribution in [1.29, 1.82) is 0 Å². The summed E-state index contributed by atoms with van der Waals surface area (Å²) in [7, 11) is 0. The number of aromatic nitrogens is 2. The molecule has 0 unspecified atom stereocenters. The van der Waals surface area contributed by atoms with Gasteiger partial charge in [-0.2, -0.15) is 13.2 Å². The molecule has 3 rings (SSSR count). The quantitative estimate of drug-likeness (QED) is 0.628. The highest BCUT2D eigenvalue weighted by Crippen LogP contribution is 2.31. The van der Waals surface area contributed by atoms with E-state index >= 15 is 0 Å². The number of rotatable bonds is 5. The van der Waals surface area contributed by atoms with Gasteiger partial charge in [0.2, 0.25) is 5.91 Å². The van der Waals surface area contributed by atoms with E-state index < -0.39 is 11.7 Å². The Labute approximate surface area is 158 Å². The van der Waals surface area contributed by atoms with Gasteiger partial charge in [-0.05, 0) is 36.8 Å². The predicted octanol–water partition coefficient (Wildman–Crippen LogP) is 4.93. The van der Waals surface area contributed by atoms with Gasteiger partial charge in [0.05, 0.1) is 11.3 Å². The number of nitrogens with zero attached hydrogens (tertiary/aromatic N) is 2. The summed E-state index contributed by atoms with van der Waals surface area (Å²) in [5.41, 5.74) is 1.27. The third-order valence-electron chi connectivity index (χ3n) is 3.81. The second-order valence-corrected chi connectivity index (χ2v) is 6.72. The highest BCUT2D eigenvalue weighted by Gasteiger charge is 2.30. The highest BCUT2D eigenvalue weighted by molar-refractivity contribution is 7.99. The summed E-state index contributed by atoms with van der Waals surface area (Å²) in [6.07, 6.45) is -1.36. The number of hydrogen-bond donors (Lipinski definition) is 1. The Morgan fingerprint density at radius 1 is 1.19 bits per heavy atom. The maximum absolute atomic E-state index is 12.9.